The van der Waals surface area contributed by atoms with Crippen LogP contribution in [0.4, 0.5) is 11.4 Å². The fourth-order valence-electron chi connectivity index (χ4n) is 2.46. The summed E-state index contributed by atoms with van der Waals surface area (Å²) in [5, 5.41) is 28.0. The average molecular weight is 510 g/mol. The Morgan fingerprint density at radius 2 is 1.17 bits per heavy atom. The van der Waals surface area contributed by atoms with Crippen LogP contribution < -0.4 is 10.4 Å². The molecule has 0 aliphatic carbocycles. The number of carboxylic acid groups (broad SMARTS) is 2. The van der Waals surface area contributed by atoms with Crippen molar-refractivity contribution in [3.8, 4) is 0 Å². The zero-order valence-corrected chi connectivity index (χ0v) is 17.1. The molecular formula is C20H19Cu2N2O6+. The van der Waals surface area contributed by atoms with Crippen molar-refractivity contribution in [3.05, 3.63) is 93.1 Å². The number of nitrogens with zero attached hydrogens (tertiary/aromatic N) is 2. The van der Waals surface area contributed by atoms with Crippen LogP contribution in [0.25, 0.3) is 22.8 Å². The molecule has 0 aromatic heterocycles. The number of carboxylic acids is 2. The molecule has 7 N–H and O–H groups in total. The summed E-state index contributed by atoms with van der Waals surface area (Å²) < 4.78 is 0. The van der Waals surface area contributed by atoms with E-state index in [0.717, 1.165) is 27.9 Å². The largest absolute Gasteiger partial charge is 2.00 e. The summed E-state index contributed by atoms with van der Waals surface area (Å²) in [5.41, 5.74) is 1.92. The van der Waals surface area contributed by atoms with Crippen molar-refractivity contribution in [2.45, 2.75) is 0 Å². The number of benzene rings is 2. The maximum absolute atomic E-state index is 10.4. The van der Waals surface area contributed by atoms with Crippen molar-refractivity contribution in [3.63, 3.8) is 0 Å². The van der Waals surface area contributed by atoms with Crippen LogP contribution in [0.5, 0.6) is 0 Å². The minimum absolute atomic E-state index is 0. The summed E-state index contributed by atoms with van der Waals surface area (Å²) in [6, 6.07) is 9.35. The molecule has 10 heteroatoms. The van der Waals surface area contributed by atoms with Gasteiger partial charge in [0.1, 0.15) is 0 Å². The number of hydrogen-bond donors (Lipinski definition) is 2. The van der Waals surface area contributed by atoms with E-state index in [1.807, 2.05) is 12.2 Å². The molecule has 2 aliphatic heterocycles. The zero-order valence-electron chi connectivity index (χ0n) is 15.2. The Balaban J connectivity index is 0. The summed E-state index contributed by atoms with van der Waals surface area (Å²) in [6.07, 6.45) is 11.6. The van der Waals surface area contributed by atoms with E-state index < -0.39 is 11.9 Å². The number of aromatic carboxylic acids is 2. The molecular weight excluding hydrogens is 491 g/mol. The maximum Gasteiger partial charge on any atom is 2.00 e. The Morgan fingerprint density at radius 3 is 1.53 bits per heavy atom. The van der Waals surface area contributed by atoms with Gasteiger partial charge in [0.15, 0.2) is 0 Å². The molecule has 8 nitrogen and oxygen atoms in total. The molecule has 0 saturated heterocycles. The molecule has 4 rings (SSSR count). The molecule has 0 spiro atoms. The molecule has 2 heterocycles. The number of fused-ring (bicyclic) bond motifs is 3. The van der Waals surface area contributed by atoms with Gasteiger partial charge in [0, 0.05) is 17.1 Å². The van der Waals surface area contributed by atoms with Gasteiger partial charge in [-0.1, -0.05) is 42.5 Å². The number of rotatable bonds is 2. The Labute approximate surface area is 193 Å². The Kier molecular flexibility index (Phi) is 13.1. The fraction of sp³-hybridized carbons (Fsp3) is 0. The van der Waals surface area contributed by atoms with Gasteiger partial charge in [-0.15, -0.1) is 11.4 Å². The van der Waals surface area contributed by atoms with E-state index in [1.54, 1.807) is 12.4 Å². The van der Waals surface area contributed by atoms with Gasteiger partial charge in [-0.05, 0) is 28.6 Å². The minimum atomic E-state index is -1.13. The van der Waals surface area contributed by atoms with E-state index in [-0.39, 0.29) is 56.2 Å². The van der Waals surface area contributed by atoms with E-state index in [1.165, 1.54) is 18.2 Å². The molecule has 2 aliphatic rings. The monoisotopic (exact) mass is 509 g/mol. The summed E-state index contributed by atoms with van der Waals surface area (Å²) in [6.45, 7) is 0. The standard InChI is InChI=1S/C12H8N2.C8H6O4.2Cu.2H2O/c1-3-9-5-6-10-4-2-8-14-12(10)11(9)13-7-1;9-7(10)5-2-1-3-6(4-5)8(11)12;;;;/h1-8H;1-4H,(H,9,10)(H,11,12);;;2*1H2/q-2;;;+2;;/p+1. The van der Waals surface area contributed by atoms with Gasteiger partial charge < -0.3 is 31.8 Å². The molecule has 2 aromatic rings. The minimum Gasteiger partial charge on any atom is -0.665 e. The summed E-state index contributed by atoms with van der Waals surface area (Å²) in [5.74, 6) is -2.25. The van der Waals surface area contributed by atoms with Crippen molar-refractivity contribution >= 4 is 35.5 Å². The van der Waals surface area contributed by atoms with Gasteiger partial charge in [0.25, 0.3) is 0 Å². The second-order valence-electron chi connectivity index (χ2n) is 5.41. The van der Waals surface area contributed by atoms with Gasteiger partial charge in [-0.3, -0.25) is 0 Å². The first-order chi connectivity index (χ1) is 12.6. The molecule has 30 heavy (non-hydrogen) atoms. The molecule has 2 radical (unpaired) electrons. The predicted molar refractivity (Wildman–Crippen MR) is 108 cm³/mol. The summed E-state index contributed by atoms with van der Waals surface area (Å²) in [7, 11) is 0. The van der Waals surface area contributed by atoms with E-state index >= 15 is 0 Å². The maximum atomic E-state index is 10.4. The van der Waals surface area contributed by atoms with Crippen molar-refractivity contribution in [1.29, 1.82) is 0 Å². The first-order valence-corrected chi connectivity index (χ1v) is 7.71. The predicted octanol–water partition coefficient (Wildman–Crippen LogP) is 1.64. The second-order valence-corrected chi connectivity index (χ2v) is 5.41. The van der Waals surface area contributed by atoms with Gasteiger partial charge in [-0.2, -0.15) is 12.4 Å². The van der Waals surface area contributed by atoms with Crippen LogP contribution in [0.2, 0.25) is 0 Å². The molecule has 0 fully saturated rings. The summed E-state index contributed by atoms with van der Waals surface area (Å²) in [4.78, 5) is 20.8. The van der Waals surface area contributed by atoms with Crippen LogP contribution >= 0.6 is 0 Å². The smallest absolute Gasteiger partial charge is 0.665 e. The Hall–Kier alpha value is -2.84. The number of carbonyl (C=O) groups is 2. The quantitative estimate of drug-likeness (QED) is 0.463. The third kappa shape index (κ3) is 6.89. The first-order valence-electron chi connectivity index (χ1n) is 7.71. The molecule has 0 saturated carbocycles. The van der Waals surface area contributed by atoms with Crippen LogP contribution in [0.3, 0.4) is 0 Å². The molecule has 166 valence electrons. The van der Waals surface area contributed by atoms with Crippen LogP contribution in [0.15, 0.2) is 61.0 Å². The van der Waals surface area contributed by atoms with Crippen molar-refractivity contribution < 1.29 is 64.9 Å². The third-order valence-corrected chi connectivity index (χ3v) is 3.70. The Morgan fingerprint density at radius 1 is 0.767 bits per heavy atom. The van der Waals surface area contributed by atoms with Crippen molar-refractivity contribution in [2.75, 3.05) is 0 Å². The van der Waals surface area contributed by atoms with Gasteiger partial charge in [-0.25, -0.2) is 9.59 Å². The van der Waals surface area contributed by atoms with Gasteiger partial charge >= 0.3 is 29.0 Å². The van der Waals surface area contributed by atoms with Crippen molar-refractivity contribution in [1.82, 2.24) is 0 Å². The Bertz CT molecular complexity index is 987. The van der Waals surface area contributed by atoms with Crippen molar-refractivity contribution in [2.24, 2.45) is 0 Å². The van der Waals surface area contributed by atoms with E-state index in [4.69, 9.17) is 10.2 Å². The van der Waals surface area contributed by atoms with Crippen LogP contribution in [-0.2, 0) is 39.6 Å². The number of allylic oxidation sites excluding steroid dienone is 2. The second kappa shape index (κ2) is 13.4. The van der Waals surface area contributed by atoms with Gasteiger partial charge in [0.2, 0.25) is 0 Å². The molecule has 0 amide bonds. The van der Waals surface area contributed by atoms with Crippen LogP contribution in [0, 0.1) is 0 Å². The molecule has 0 atom stereocenters. The van der Waals surface area contributed by atoms with Crippen LogP contribution in [-0.4, -0.2) is 27.6 Å². The SMILES string of the molecule is C1=C[N-]c2c3c(ccc2=C1)=CC=C[N-]3.O.O=C(O)c1cccc(C(=O)O)c1.[Cu+2].[Cu].[OH3+]. The van der Waals surface area contributed by atoms with Crippen LogP contribution in [0.1, 0.15) is 20.7 Å². The van der Waals surface area contributed by atoms with E-state index in [9.17, 15) is 9.59 Å². The molecule has 0 bridgehead atoms. The third-order valence-electron chi connectivity index (χ3n) is 3.70. The number of hydrogen-bond acceptors (Lipinski definition) is 2. The first kappa shape index (κ1) is 29.4. The van der Waals surface area contributed by atoms with E-state index in [2.05, 4.69) is 34.9 Å². The summed E-state index contributed by atoms with van der Waals surface area (Å²) >= 11 is 0. The fourth-order valence-corrected chi connectivity index (χ4v) is 2.46. The molecule has 2 aromatic carbocycles. The molecule has 0 unspecified atom stereocenters. The normalized spacial score (nSPS) is 10.9. The zero-order chi connectivity index (χ0) is 18.5. The topological polar surface area (TPSA) is 167 Å². The average Bonchev–Trinajstić information content (AvgIpc) is 2.68. The van der Waals surface area contributed by atoms with E-state index in [0.29, 0.717) is 0 Å². The van der Waals surface area contributed by atoms with Gasteiger partial charge in [0.05, 0.1) is 11.1 Å².